The standard InChI is InChI=1S/C16H22N2/c1-10-7-11(2)15-12(17-6)9-14(16(3,4)5)18-13(15)8-10/h7-9H,1-6H3,(H,17,18). The normalized spacial score (nSPS) is 11.9. The molecular formula is C16H22N2. The Morgan fingerprint density at radius 1 is 1.06 bits per heavy atom. The smallest absolute Gasteiger partial charge is 0.0731 e. The summed E-state index contributed by atoms with van der Waals surface area (Å²) in [6.45, 7) is 10.9. The maximum atomic E-state index is 4.84. The average molecular weight is 242 g/mol. The van der Waals surface area contributed by atoms with Crippen LogP contribution in [0.5, 0.6) is 0 Å². The highest BCUT2D eigenvalue weighted by molar-refractivity contribution is 5.94. The first-order chi connectivity index (χ1) is 8.32. The van der Waals surface area contributed by atoms with Gasteiger partial charge in [0.25, 0.3) is 0 Å². The van der Waals surface area contributed by atoms with Crippen LogP contribution in [0.15, 0.2) is 18.2 Å². The van der Waals surface area contributed by atoms with Gasteiger partial charge in [-0.15, -0.1) is 0 Å². The second-order valence-corrected chi connectivity index (χ2v) is 6.03. The monoisotopic (exact) mass is 242 g/mol. The summed E-state index contributed by atoms with van der Waals surface area (Å²) < 4.78 is 0. The van der Waals surface area contributed by atoms with Gasteiger partial charge in [0.05, 0.1) is 5.52 Å². The van der Waals surface area contributed by atoms with Crippen LogP contribution in [0.2, 0.25) is 0 Å². The number of nitrogens with one attached hydrogen (secondary N) is 1. The number of benzene rings is 1. The summed E-state index contributed by atoms with van der Waals surface area (Å²) in [7, 11) is 1.97. The van der Waals surface area contributed by atoms with Gasteiger partial charge in [-0.3, -0.25) is 4.98 Å². The molecule has 0 aliphatic carbocycles. The van der Waals surface area contributed by atoms with Crippen molar-refractivity contribution < 1.29 is 0 Å². The first-order valence-electron chi connectivity index (χ1n) is 6.43. The quantitative estimate of drug-likeness (QED) is 0.811. The fourth-order valence-electron chi connectivity index (χ4n) is 2.34. The number of rotatable bonds is 1. The van der Waals surface area contributed by atoms with Gasteiger partial charge in [-0.25, -0.2) is 0 Å². The lowest BCUT2D eigenvalue weighted by atomic mass is 9.90. The average Bonchev–Trinajstić information content (AvgIpc) is 2.25. The van der Waals surface area contributed by atoms with Gasteiger partial charge in [-0.1, -0.05) is 26.8 Å². The summed E-state index contributed by atoms with van der Waals surface area (Å²) >= 11 is 0. The van der Waals surface area contributed by atoms with Crippen LogP contribution in [-0.4, -0.2) is 12.0 Å². The Bertz CT molecular complexity index is 592. The van der Waals surface area contributed by atoms with Crippen molar-refractivity contribution in [1.82, 2.24) is 4.98 Å². The minimum Gasteiger partial charge on any atom is -0.388 e. The molecule has 2 heteroatoms. The summed E-state index contributed by atoms with van der Waals surface area (Å²) in [4.78, 5) is 4.84. The van der Waals surface area contributed by atoms with E-state index in [9.17, 15) is 0 Å². The maximum absolute atomic E-state index is 4.84. The van der Waals surface area contributed by atoms with Crippen LogP contribution in [0.4, 0.5) is 5.69 Å². The summed E-state index contributed by atoms with van der Waals surface area (Å²) in [5.41, 5.74) is 6.00. The Morgan fingerprint density at radius 3 is 2.28 bits per heavy atom. The highest BCUT2D eigenvalue weighted by atomic mass is 14.8. The van der Waals surface area contributed by atoms with E-state index in [-0.39, 0.29) is 5.41 Å². The molecule has 0 radical (unpaired) electrons. The summed E-state index contributed by atoms with van der Waals surface area (Å²) in [6, 6.07) is 6.55. The SMILES string of the molecule is CNc1cc(C(C)(C)C)nc2cc(C)cc(C)c12. The Hall–Kier alpha value is -1.57. The number of hydrogen-bond acceptors (Lipinski definition) is 2. The summed E-state index contributed by atoms with van der Waals surface area (Å²) in [6.07, 6.45) is 0. The lowest BCUT2D eigenvalue weighted by Crippen LogP contribution is -2.14. The number of hydrogen-bond donors (Lipinski definition) is 1. The molecule has 0 bridgehead atoms. The number of aromatic nitrogens is 1. The van der Waals surface area contributed by atoms with Crippen LogP contribution < -0.4 is 5.32 Å². The molecule has 2 rings (SSSR count). The van der Waals surface area contributed by atoms with Crippen molar-refractivity contribution in [1.29, 1.82) is 0 Å². The van der Waals surface area contributed by atoms with Gasteiger partial charge < -0.3 is 5.32 Å². The van der Waals surface area contributed by atoms with Gasteiger partial charge in [0.15, 0.2) is 0 Å². The molecule has 96 valence electrons. The second-order valence-electron chi connectivity index (χ2n) is 6.03. The molecule has 0 saturated heterocycles. The fraction of sp³-hybridized carbons (Fsp3) is 0.438. The Balaban J connectivity index is 2.84. The van der Waals surface area contributed by atoms with Gasteiger partial charge in [0.2, 0.25) is 0 Å². The number of nitrogens with zero attached hydrogens (tertiary/aromatic N) is 1. The molecule has 1 aromatic heterocycles. The predicted octanol–water partition coefficient (Wildman–Crippen LogP) is 4.19. The van der Waals surface area contributed by atoms with Gasteiger partial charge in [0, 0.05) is 29.2 Å². The lowest BCUT2D eigenvalue weighted by molar-refractivity contribution is 0.572. The van der Waals surface area contributed by atoms with E-state index in [1.807, 2.05) is 7.05 Å². The molecule has 18 heavy (non-hydrogen) atoms. The molecule has 0 aliphatic rings. The number of anilines is 1. The molecule has 0 spiro atoms. The van der Waals surface area contributed by atoms with E-state index >= 15 is 0 Å². The van der Waals surface area contributed by atoms with E-state index in [2.05, 4.69) is 58.1 Å². The largest absolute Gasteiger partial charge is 0.388 e. The molecule has 0 unspecified atom stereocenters. The van der Waals surface area contributed by atoms with Crippen LogP contribution >= 0.6 is 0 Å². The van der Waals surface area contributed by atoms with Crippen molar-refractivity contribution in [3.8, 4) is 0 Å². The zero-order valence-corrected chi connectivity index (χ0v) is 12.2. The molecule has 1 heterocycles. The zero-order valence-electron chi connectivity index (χ0n) is 12.2. The number of aryl methyl sites for hydroxylation is 2. The first kappa shape index (κ1) is 12.9. The van der Waals surface area contributed by atoms with Crippen molar-refractivity contribution >= 4 is 16.6 Å². The van der Waals surface area contributed by atoms with Gasteiger partial charge in [0.1, 0.15) is 0 Å². The Morgan fingerprint density at radius 2 is 1.72 bits per heavy atom. The number of pyridine rings is 1. The van der Waals surface area contributed by atoms with E-state index in [0.717, 1.165) is 11.2 Å². The molecule has 2 nitrogen and oxygen atoms in total. The minimum absolute atomic E-state index is 0.0669. The van der Waals surface area contributed by atoms with Crippen molar-refractivity contribution in [2.45, 2.75) is 40.0 Å². The minimum atomic E-state index is 0.0669. The first-order valence-corrected chi connectivity index (χ1v) is 6.43. The van der Waals surface area contributed by atoms with Crippen LogP contribution in [0.3, 0.4) is 0 Å². The van der Waals surface area contributed by atoms with E-state index in [4.69, 9.17) is 4.98 Å². The van der Waals surface area contributed by atoms with Crippen molar-refractivity contribution in [2.24, 2.45) is 0 Å². The fourth-order valence-corrected chi connectivity index (χ4v) is 2.34. The van der Waals surface area contributed by atoms with Crippen molar-refractivity contribution in [2.75, 3.05) is 12.4 Å². The van der Waals surface area contributed by atoms with Gasteiger partial charge in [-0.05, 0) is 37.1 Å². The third-order valence-corrected chi connectivity index (χ3v) is 3.29. The van der Waals surface area contributed by atoms with Crippen LogP contribution in [0.1, 0.15) is 37.6 Å². The third kappa shape index (κ3) is 2.20. The van der Waals surface area contributed by atoms with E-state index < -0.39 is 0 Å². The molecule has 0 amide bonds. The van der Waals surface area contributed by atoms with Gasteiger partial charge >= 0.3 is 0 Å². The third-order valence-electron chi connectivity index (χ3n) is 3.29. The van der Waals surface area contributed by atoms with Crippen molar-refractivity contribution in [3.05, 3.63) is 35.0 Å². The Kier molecular flexibility index (Phi) is 3.05. The van der Waals surface area contributed by atoms with Crippen LogP contribution in [0, 0.1) is 13.8 Å². The van der Waals surface area contributed by atoms with E-state index in [0.29, 0.717) is 0 Å². The summed E-state index contributed by atoms with van der Waals surface area (Å²) in [5, 5.41) is 4.54. The van der Waals surface area contributed by atoms with E-state index in [1.165, 1.54) is 22.2 Å². The molecule has 0 atom stereocenters. The molecular weight excluding hydrogens is 220 g/mol. The lowest BCUT2D eigenvalue weighted by Gasteiger charge is -2.20. The highest BCUT2D eigenvalue weighted by Crippen LogP contribution is 2.31. The molecule has 1 aromatic carbocycles. The molecule has 0 saturated carbocycles. The molecule has 0 aliphatic heterocycles. The molecule has 2 aromatic rings. The van der Waals surface area contributed by atoms with Crippen LogP contribution in [0.25, 0.3) is 10.9 Å². The van der Waals surface area contributed by atoms with Crippen LogP contribution in [-0.2, 0) is 5.41 Å². The zero-order chi connectivity index (χ0) is 13.5. The maximum Gasteiger partial charge on any atom is 0.0731 e. The molecule has 1 N–H and O–H groups in total. The van der Waals surface area contributed by atoms with Gasteiger partial charge in [-0.2, -0.15) is 0 Å². The summed E-state index contributed by atoms with van der Waals surface area (Å²) in [5.74, 6) is 0. The predicted molar refractivity (Wildman–Crippen MR) is 79.5 cm³/mol. The van der Waals surface area contributed by atoms with Crippen molar-refractivity contribution in [3.63, 3.8) is 0 Å². The molecule has 0 fully saturated rings. The number of fused-ring (bicyclic) bond motifs is 1. The second kappa shape index (κ2) is 4.27. The Labute approximate surface area is 109 Å². The van der Waals surface area contributed by atoms with E-state index in [1.54, 1.807) is 0 Å². The topological polar surface area (TPSA) is 24.9 Å². The highest BCUT2D eigenvalue weighted by Gasteiger charge is 2.18.